The molecule has 0 aliphatic carbocycles. The van der Waals surface area contributed by atoms with Crippen molar-refractivity contribution < 1.29 is 19.1 Å². The first kappa shape index (κ1) is 20.0. The molecule has 2 N–H and O–H groups in total. The second-order valence-electron chi connectivity index (χ2n) is 5.83. The van der Waals surface area contributed by atoms with Crippen molar-refractivity contribution in [3.05, 3.63) is 59.7 Å². The summed E-state index contributed by atoms with van der Waals surface area (Å²) in [4.78, 5) is 23.5. The van der Waals surface area contributed by atoms with E-state index >= 15 is 0 Å². The number of carbonyl (C=O) groups is 2. The molecule has 0 aromatic heterocycles. The fourth-order valence-electron chi connectivity index (χ4n) is 2.36. The molecule has 2 aromatic carbocycles. The molecule has 142 valence electrons. The Bertz CT molecular complexity index is 813. The number of nitrogens with one attached hydrogen (secondary N) is 2. The van der Waals surface area contributed by atoms with Crippen molar-refractivity contribution in [2.24, 2.45) is 0 Å². The first-order valence-electron chi connectivity index (χ1n) is 8.65. The number of hydrogen-bond acceptors (Lipinski definition) is 4. The summed E-state index contributed by atoms with van der Waals surface area (Å²) < 4.78 is 10.7. The van der Waals surface area contributed by atoms with E-state index < -0.39 is 0 Å². The molecule has 0 fully saturated rings. The highest BCUT2D eigenvalue weighted by Crippen LogP contribution is 2.21. The van der Waals surface area contributed by atoms with Gasteiger partial charge < -0.3 is 20.1 Å². The predicted octanol–water partition coefficient (Wildman–Crippen LogP) is 3.17. The number of anilines is 1. The highest BCUT2D eigenvalue weighted by molar-refractivity contribution is 6.02. The van der Waals surface area contributed by atoms with Crippen LogP contribution in [0.2, 0.25) is 0 Å². The summed E-state index contributed by atoms with van der Waals surface area (Å²) in [6.45, 7) is 4.35. The molecular weight excluding hydrogens is 344 g/mol. The molecule has 0 heterocycles. The Labute approximate surface area is 159 Å². The van der Waals surface area contributed by atoms with Gasteiger partial charge in [-0.2, -0.15) is 0 Å². The van der Waals surface area contributed by atoms with Crippen LogP contribution in [0.15, 0.2) is 48.5 Å². The number of carbonyl (C=O) groups excluding carboxylic acids is 2. The maximum absolute atomic E-state index is 12.1. The Kier molecular flexibility index (Phi) is 7.43. The summed E-state index contributed by atoms with van der Waals surface area (Å²) in [5, 5.41) is 5.43. The van der Waals surface area contributed by atoms with E-state index in [1.165, 1.54) is 6.08 Å². The van der Waals surface area contributed by atoms with E-state index in [1.54, 1.807) is 37.5 Å². The molecule has 0 atom stereocenters. The van der Waals surface area contributed by atoms with Crippen molar-refractivity contribution in [2.45, 2.75) is 13.8 Å². The van der Waals surface area contributed by atoms with Crippen LogP contribution in [0.3, 0.4) is 0 Å². The van der Waals surface area contributed by atoms with Gasteiger partial charge in [-0.1, -0.05) is 11.6 Å². The van der Waals surface area contributed by atoms with Crippen molar-refractivity contribution in [2.75, 3.05) is 25.6 Å². The third-order valence-electron chi connectivity index (χ3n) is 3.67. The number of amides is 2. The number of hydrogen-bond donors (Lipinski definition) is 2. The third kappa shape index (κ3) is 6.51. The van der Waals surface area contributed by atoms with Crippen LogP contribution in [0.25, 0.3) is 6.08 Å². The minimum Gasteiger partial charge on any atom is -0.496 e. The average molecular weight is 368 g/mol. The van der Waals surface area contributed by atoms with E-state index in [9.17, 15) is 9.59 Å². The van der Waals surface area contributed by atoms with Crippen molar-refractivity contribution >= 4 is 23.6 Å². The Hall–Kier alpha value is -3.28. The second-order valence-corrected chi connectivity index (χ2v) is 5.83. The zero-order valence-electron chi connectivity index (χ0n) is 15.7. The number of likely N-dealkylation sites (N-methyl/N-ethyl adjacent to an activating group) is 1. The van der Waals surface area contributed by atoms with Gasteiger partial charge in [0.25, 0.3) is 5.91 Å². The molecule has 0 aliphatic rings. The molecule has 2 amide bonds. The molecule has 0 aliphatic heterocycles. The summed E-state index contributed by atoms with van der Waals surface area (Å²) in [5.74, 6) is 0.832. The maximum Gasteiger partial charge on any atom is 0.257 e. The summed E-state index contributed by atoms with van der Waals surface area (Å²) in [6.07, 6.45) is 3.17. The van der Waals surface area contributed by atoms with E-state index in [-0.39, 0.29) is 18.4 Å². The van der Waals surface area contributed by atoms with E-state index in [0.29, 0.717) is 23.7 Å². The summed E-state index contributed by atoms with van der Waals surface area (Å²) in [7, 11) is 1.59. The van der Waals surface area contributed by atoms with Gasteiger partial charge >= 0.3 is 0 Å². The minimum absolute atomic E-state index is 0.0411. The largest absolute Gasteiger partial charge is 0.496 e. The number of benzene rings is 2. The monoisotopic (exact) mass is 368 g/mol. The van der Waals surface area contributed by atoms with E-state index in [2.05, 4.69) is 10.6 Å². The van der Waals surface area contributed by atoms with Crippen molar-refractivity contribution in [3.8, 4) is 11.5 Å². The Morgan fingerprint density at radius 2 is 1.85 bits per heavy atom. The topological polar surface area (TPSA) is 76.7 Å². The molecule has 0 saturated carbocycles. The smallest absolute Gasteiger partial charge is 0.257 e. The van der Waals surface area contributed by atoms with Crippen molar-refractivity contribution in [3.63, 3.8) is 0 Å². The zero-order chi connectivity index (χ0) is 19.6. The van der Waals surface area contributed by atoms with Gasteiger partial charge in [0, 0.05) is 23.9 Å². The van der Waals surface area contributed by atoms with Gasteiger partial charge in [0.2, 0.25) is 5.91 Å². The van der Waals surface area contributed by atoms with Crippen LogP contribution < -0.4 is 20.1 Å². The van der Waals surface area contributed by atoms with E-state index in [4.69, 9.17) is 9.47 Å². The lowest BCUT2D eigenvalue weighted by atomic mass is 10.1. The molecule has 0 saturated heterocycles. The molecule has 0 spiro atoms. The Morgan fingerprint density at radius 3 is 2.52 bits per heavy atom. The third-order valence-corrected chi connectivity index (χ3v) is 3.67. The quantitative estimate of drug-likeness (QED) is 0.702. The Morgan fingerprint density at radius 1 is 1.11 bits per heavy atom. The van der Waals surface area contributed by atoms with Crippen LogP contribution in [0.1, 0.15) is 18.1 Å². The molecule has 27 heavy (non-hydrogen) atoms. The Balaban J connectivity index is 1.92. The van der Waals surface area contributed by atoms with E-state index in [1.807, 2.05) is 32.0 Å². The van der Waals surface area contributed by atoms with Gasteiger partial charge in [-0.15, -0.1) is 0 Å². The standard InChI is InChI=1S/C21H24N2O4/c1-4-22-21(25)14-27-18-9-7-17(8-10-18)23-20(24)12-6-16-13-15(2)5-11-19(16)26-3/h5-13H,4,14H2,1-3H3,(H,22,25)(H,23,24)/b12-6+. The number of methoxy groups -OCH3 is 1. The molecule has 0 unspecified atom stereocenters. The summed E-state index contributed by atoms with van der Waals surface area (Å²) in [5.41, 5.74) is 2.55. The first-order valence-corrected chi connectivity index (χ1v) is 8.65. The molecular formula is C21H24N2O4. The van der Waals surface area contributed by atoms with Gasteiger partial charge in [0.05, 0.1) is 7.11 Å². The van der Waals surface area contributed by atoms with Gasteiger partial charge in [-0.05, 0) is 56.3 Å². The molecule has 0 bridgehead atoms. The van der Waals surface area contributed by atoms with E-state index in [0.717, 1.165) is 11.1 Å². The summed E-state index contributed by atoms with van der Waals surface area (Å²) >= 11 is 0. The van der Waals surface area contributed by atoms with Crippen molar-refractivity contribution in [1.29, 1.82) is 0 Å². The lowest BCUT2D eigenvalue weighted by molar-refractivity contribution is -0.123. The van der Waals surface area contributed by atoms with Crippen LogP contribution >= 0.6 is 0 Å². The zero-order valence-corrected chi connectivity index (χ0v) is 15.7. The van der Waals surface area contributed by atoms with Crippen LogP contribution in [-0.4, -0.2) is 32.1 Å². The number of rotatable bonds is 8. The normalized spacial score (nSPS) is 10.5. The molecule has 2 rings (SSSR count). The van der Waals surface area contributed by atoms with Gasteiger partial charge in [-0.25, -0.2) is 0 Å². The summed E-state index contributed by atoms with van der Waals surface area (Å²) in [6, 6.07) is 12.6. The predicted molar refractivity (Wildman–Crippen MR) is 106 cm³/mol. The highest BCUT2D eigenvalue weighted by Gasteiger charge is 2.04. The number of aryl methyl sites for hydroxylation is 1. The molecule has 6 heteroatoms. The van der Waals surface area contributed by atoms with Gasteiger partial charge in [0.15, 0.2) is 6.61 Å². The van der Waals surface area contributed by atoms with Crippen LogP contribution in [0.5, 0.6) is 11.5 Å². The second kappa shape index (κ2) is 10.0. The highest BCUT2D eigenvalue weighted by atomic mass is 16.5. The van der Waals surface area contributed by atoms with Gasteiger partial charge in [0.1, 0.15) is 11.5 Å². The SMILES string of the molecule is CCNC(=O)COc1ccc(NC(=O)/C=C/c2cc(C)ccc2OC)cc1. The average Bonchev–Trinajstić information content (AvgIpc) is 2.66. The maximum atomic E-state index is 12.1. The number of ether oxygens (including phenoxy) is 2. The molecule has 6 nitrogen and oxygen atoms in total. The fraction of sp³-hybridized carbons (Fsp3) is 0.238. The van der Waals surface area contributed by atoms with Crippen LogP contribution in [0.4, 0.5) is 5.69 Å². The lowest BCUT2D eigenvalue weighted by Gasteiger charge is -2.08. The van der Waals surface area contributed by atoms with Crippen LogP contribution in [-0.2, 0) is 9.59 Å². The fourth-order valence-corrected chi connectivity index (χ4v) is 2.36. The first-order chi connectivity index (χ1) is 13.0. The molecule has 0 radical (unpaired) electrons. The van der Waals surface area contributed by atoms with Crippen LogP contribution in [0, 0.1) is 6.92 Å². The van der Waals surface area contributed by atoms with Gasteiger partial charge in [-0.3, -0.25) is 9.59 Å². The molecule has 2 aromatic rings. The minimum atomic E-state index is -0.255. The van der Waals surface area contributed by atoms with Crippen molar-refractivity contribution in [1.82, 2.24) is 5.32 Å². The lowest BCUT2D eigenvalue weighted by Crippen LogP contribution is -2.28.